The minimum atomic E-state index is -5.09. The van der Waals surface area contributed by atoms with Crippen molar-refractivity contribution in [3.8, 4) is 11.5 Å². The average molecular weight is 654 g/mol. The molecule has 18 heteroatoms. The Labute approximate surface area is 286 Å². The molecule has 0 saturated carbocycles. The molecule has 0 spiro atoms. The first kappa shape index (κ1) is 36.1. The smallest absolute Gasteiger partial charge is 0.296 e. The Morgan fingerprint density at radius 2 is 1.36 bits per heavy atom. The normalized spacial score (nSPS) is 12.0. The second-order valence-electron chi connectivity index (χ2n) is 8.41. The number of phenolic OH excluding ortho intramolecular Hbond substituents is 1. The second kappa shape index (κ2) is 13.7. The first-order chi connectivity index (χ1) is 18.6. The van der Waals surface area contributed by atoms with E-state index in [-0.39, 0.29) is 80.5 Å². The number of hydrogen-bond donors (Lipinski definition) is 4. The van der Waals surface area contributed by atoms with Gasteiger partial charge in [0.2, 0.25) is 0 Å². The Morgan fingerprint density at radius 1 is 0.762 bits per heavy atom. The molecule has 0 atom stereocenters. The van der Waals surface area contributed by atoms with Gasteiger partial charge in [-0.25, -0.2) is 8.42 Å². The van der Waals surface area contributed by atoms with E-state index in [1.54, 1.807) is 6.92 Å². The summed E-state index contributed by atoms with van der Waals surface area (Å²) in [6, 6.07) is 13.9. The number of fused-ring (bicyclic) bond motifs is 1. The molecular formula is C24H21N3Na2O10S3. The number of benzene rings is 4. The number of methoxy groups -OCH3 is 1. The summed E-state index contributed by atoms with van der Waals surface area (Å²) in [5.74, 6) is -0.461. The summed E-state index contributed by atoms with van der Waals surface area (Å²) in [6.07, 6.45) is 0. The maximum Gasteiger partial charge on any atom is 0.296 e. The van der Waals surface area contributed by atoms with Crippen LogP contribution in [0.25, 0.3) is 10.8 Å². The third-order valence-electron chi connectivity index (χ3n) is 5.61. The van der Waals surface area contributed by atoms with Crippen molar-refractivity contribution in [3.05, 3.63) is 72.3 Å². The van der Waals surface area contributed by atoms with Gasteiger partial charge < -0.3 is 9.84 Å². The van der Waals surface area contributed by atoms with Gasteiger partial charge in [-0.3, -0.25) is 13.8 Å². The number of phenols is 1. The molecule has 0 bridgehead atoms. The minimum Gasteiger partial charge on any atom is -0.505 e. The zero-order valence-corrected chi connectivity index (χ0v) is 29.1. The summed E-state index contributed by atoms with van der Waals surface area (Å²) in [4.78, 5) is -2.00. The van der Waals surface area contributed by atoms with Gasteiger partial charge in [-0.1, -0.05) is 17.7 Å². The molecule has 42 heavy (non-hydrogen) atoms. The number of aromatic hydroxyl groups is 1. The number of anilines is 1. The number of azo groups is 1. The number of aryl methyl sites for hydroxylation is 1. The molecular weight excluding hydrogens is 632 g/mol. The number of hydrogen-bond acceptors (Lipinski definition) is 10. The number of nitrogens with zero attached hydrogens (tertiary/aromatic N) is 2. The summed E-state index contributed by atoms with van der Waals surface area (Å²) < 4.78 is 101. The monoisotopic (exact) mass is 653 g/mol. The Bertz CT molecular complexity index is 1980. The van der Waals surface area contributed by atoms with Crippen LogP contribution in [-0.2, 0) is 30.3 Å². The van der Waals surface area contributed by atoms with Crippen molar-refractivity contribution in [2.24, 2.45) is 10.2 Å². The van der Waals surface area contributed by atoms with E-state index in [1.165, 1.54) is 55.6 Å². The maximum atomic E-state index is 13.1. The average Bonchev–Trinajstić information content (AvgIpc) is 2.87. The molecule has 2 radical (unpaired) electrons. The van der Waals surface area contributed by atoms with Crippen LogP contribution in [0.15, 0.2) is 91.6 Å². The van der Waals surface area contributed by atoms with Crippen molar-refractivity contribution >= 4 is 117 Å². The van der Waals surface area contributed by atoms with E-state index in [0.29, 0.717) is 5.75 Å². The fraction of sp³-hybridized carbons (Fsp3) is 0.0833. The zero-order valence-electron chi connectivity index (χ0n) is 22.7. The van der Waals surface area contributed by atoms with E-state index in [9.17, 15) is 39.5 Å². The molecule has 0 heterocycles. The van der Waals surface area contributed by atoms with E-state index in [1.807, 2.05) is 0 Å². The number of sulfonamides is 1. The summed E-state index contributed by atoms with van der Waals surface area (Å²) in [5.41, 5.74) is -0.337. The fourth-order valence-electron chi connectivity index (χ4n) is 3.66. The Balaban J connectivity index is 0.00000308. The van der Waals surface area contributed by atoms with Gasteiger partial charge in [0, 0.05) is 59.1 Å². The van der Waals surface area contributed by atoms with Gasteiger partial charge in [0.25, 0.3) is 30.3 Å². The molecule has 13 nitrogen and oxygen atoms in total. The van der Waals surface area contributed by atoms with Gasteiger partial charge >= 0.3 is 0 Å². The Hall–Kier alpha value is -2.09. The Morgan fingerprint density at radius 3 is 1.88 bits per heavy atom. The van der Waals surface area contributed by atoms with E-state index in [2.05, 4.69) is 15.0 Å². The number of nitrogens with one attached hydrogen (secondary N) is 1. The molecule has 0 saturated heterocycles. The van der Waals surface area contributed by atoms with Gasteiger partial charge in [0.1, 0.15) is 16.3 Å². The zero-order chi connectivity index (χ0) is 29.5. The molecule has 212 valence electrons. The molecule has 0 amide bonds. The SMILES string of the molecule is COc1ccc(N=Nc2c(S(=O)(=O)O)cc3cc(S(=O)(=O)O)cc(NS(=O)(=O)c4ccc(C)cc4)c3c2O)cc1.[Na].[Na]. The molecule has 0 aliphatic carbocycles. The van der Waals surface area contributed by atoms with Crippen molar-refractivity contribution in [1.29, 1.82) is 0 Å². The molecule has 4 aromatic carbocycles. The third kappa shape index (κ3) is 8.09. The van der Waals surface area contributed by atoms with Gasteiger partial charge in [-0.05, 0) is 66.9 Å². The second-order valence-corrected chi connectivity index (χ2v) is 12.9. The molecule has 0 unspecified atom stereocenters. The standard InChI is InChI=1S/C24H21N3O10S3.2Na/c1-14-3-9-18(10-4-14)38(29,30)27-20-13-19(39(31,32)33)11-15-12-21(40(34,35)36)23(24(28)22(15)20)26-25-16-5-7-17(37-2)8-6-16;;/h3-13,27-28H,1-2H3,(H,31,32,33)(H,34,35,36);;. The van der Waals surface area contributed by atoms with Crippen LogP contribution in [0.4, 0.5) is 17.1 Å². The molecule has 0 fully saturated rings. The van der Waals surface area contributed by atoms with Crippen LogP contribution >= 0.6 is 0 Å². The van der Waals surface area contributed by atoms with Crippen LogP contribution in [0.2, 0.25) is 0 Å². The van der Waals surface area contributed by atoms with E-state index < -0.39 is 57.2 Å². The molecule has 4 aromatic rings. The van der Waals surface area contributed by atoms with Gasteiger partial charge in [-0.2, -0.15) is 21.9 Å². The minimum absolute atomic E-state index is 0. The molecule has 0 aliphatic rings. The van der Waals surface area contributed by atoms with E-state index in [4.69, 9.17) is 4.74 Å². The summed E-state index contributed by atoms with van der Waals surface area (Å²) in [7, 11) is -13.0. The van der Waals surface area contributed by atoms with Crippen LogP contribution in [0, 0.1) is 6.92 Å². The van der Waals surface area contributed by atoms with Crippen LogP contribution in [-0.4, -0.2) is 106 Å². The number of rotatable bonds is 8. The van der Waals surface area contributed by atoms with Crippen LogP contribution in [0.5, 0.6) is 11.5 Å². The fourth-order valence-corrected chi connectivity index (χ4v) is 5.92. The van der Waals surface area contributed by atoms with Crippen molar-refractivity contribution in [2.75, 3.05) is 11.8 Å². The predicted octanol–water partition coefficient (Wildman–Crippen LogP) is 3.81. The van der Waals surface area contributed by atoms with Crippen molar-refractivity contribution in [1.82, 2.24) is 0 Å². The summed E-state index contributed by atoms with van der Waals surface area (Å²) >= 11 is 0. The predicted molar refractivity (Wildman–Crippen MR) is 156 cm³/mol. The Kier molecular flexibility index (Phi) is 11.8. The van der Waals surface area contributed by atoms with E-state index >= 15 is 0 Å². The van der Waals surface area contributed by atoms with Gasteiger partial charge in [-0.15, -0.1) is 5.11 Å². The van der Waals surface area contributed by atoms with Crippen molar-refractivity contribution in [2.45, 2.75) is 21.6 Å². The quantitative estimate of drug-likeness (QED) is 0.123. The summed E-state index contributed by atoms with van der Waals surface area (Å²) in [5, 5.41) is 18.0. The first-order valence-corrected chi connectivity index (χ1v) is 15.4. The third-order valence-corrected chi connectivity index (χ3v) is 8.69. The molecule has 4 N–H and O–H groups in total. The molecule has 4 rings (SSSR count). The maximum absolute atomic E-state index is 13.1. The van der Waals surface area contributed by atoms with Crippen LogP contribution in [0.1, 0.15) is 5.56 Å². The van der Waals surface area contributed by atoms with Crippen molar-refractivity contribution in [3.63, 3.8) is 0 Å². The molecule has 0 aromatic heterocycles. The molecule has 0 aliphatic heterocycles. The first-order valence-electron chi connectivity index (χ1n) is 11.0. The summed E-state index contributed by atoms with van der Waals surface area (Å²) in [6.45, 7) is 1.74. The van der Waals surface area contributed by atoms with Crippen LogP contribution in [0.3, 0.4) is 0 Å². The van der Waals surface area contributed by atoms with Gasteiger partial charge in [0.05, 0.1) is 33.7 Å². The van der Waals surface area contributed by atoms with Gasteiger partial charge in [0.15, 0.2) is 5.75 Å². The topological polar surface area (TPSA) is 209 Å². The van der Waals surface area contributed by atoms with Crippen LogP contribution < -0.4 is 9.46 Å². The van der Waals surface area contributed by atoms with E-state index in [0.717, 1.165) is 23.8 Å². The number of ether oxygens (including phenoxy) is 1. The largest absolute Gasteiger partial charge is 0.505 e. The van der Waals surface area contributed by atoms with Crippen molar-refractivity contribution < 1.29 is 44.2 Å².